The van der Waals surface area contributed by atoms with Gasteiger partial charge in [0.1, 0.15) is 11.4 Å². The molecule has 0 amide bonds. The van der Waals surface area contributed by atoms with Crippen LogP contribution in [0.4, 0.5) is 0 Å². The number of nitrogens with zero attached hydrogens (tertiary/aromatic N) is 1. The van der Waals surface area contributed by atoms with Crippen molar-refractivity contribution >= 4 is 11.6 Å². The maximum absolute atomic E-state index is 9.80. The molecule has 4 heteroatoms. The standard InChI is InChI=1S/C21H14ClNO2/c22-17-6-1-5-15(10-17)19-12-16(14-4-2-7-18(24)11-14)13-20(23-19)21-8-3-9-25-21/h1-13,24H. The molecule has 2 heterocycles. The van der Waals surface area contributed by atoms with Crippen LogP contribution in [0.5, 0.6) is 5.75 Å². The van der Waals surface area contributed by atoms with E-state index in [-0.39, 0.29) is 5.75 Å². The Kier molecular flexibility index (Phi) is 4.00. The van der Waals surface area contributed by atoms with Gasteiger partial charge in [0.15, 0.2) is 5.76 Å². The Bertz CT molecular complexity index is 962. The summed E-state index contributed by atoms with van der Waals surface area (Å²) in [6.07, 6.45) is 1.62. The number of halogens is 1. The van der Waals surface area contributed by atoms with Gasteiger partial charge in [0.2, 0.25) is 0 Å². The van der Waals surface area contributed by atoms with Crippen molar-refractivity contribution in [1.82, 2.24) is 4.98 Å². The third-order valence-electron chi connectivity index (χ3n) is 3.90. The number of aromatic nitrogens is 1. The lowest BCUT2D eigenvalue weighted by atomic mass is 10.0. The summed E-state index contributed by atoms with van der Waals surface area (Å²) < 4.78 is 5.51. The fourth-order valence-electron chi connectivity index (χ4n) is 2.73. The predicted octanol–water partition coefficient (Wildman–Crippen LogP) is 6.03. The predicted molar refractivity (Wildman–Crippen MR) is 99.5 cm³/mol. The summed E-state index contributed by atoms with van der Waals surface area (Å²) >= 11 is 6.13. The zero-order chi connectivity index (χ0) is 17.2. The van der Waals surface area contributed by atoms with Crippen LogP contribution in [0.3, 0.4) is 0 Å². The molecule has 4 rings (SSSR count). The molecule has 0 fully saturated rings. The van der Waals surface area contributed by atoms with Gasteiger partial charge in [-0.05, 0) is 59.7 Å². The first kappa shape index (κ1) is 15.5. The average Bonchev–Trinajstić information content (AvgIpc) is 3.16. The van der Waals surface area contributed by atoms with Gasteiger partial charge in [0.25, 0.3) is 0 Å². The van der Waals surface area contributed by atoms with Gasteiger partial charge in [-0.1, -0.05) is 35.9 Å². The van der Waals surface area contributed by atoms with E-state index in [1.807, 2.05) is 60.7 Å². The van der Waals surface area contributed by atoms with Gasteiger partial charge in [-0.15, -0.1) is 0 Å². The van der Waals surface area contributed by atoms with Crippen LogP contribution >= 0.6 is 11.6 Å². The van der Waals surface area contributed by atoms with Crippen LogP contribution in [-0.2, 0) is 0 Å². The van der Waals surface area contributed by atoms with Crippen molar-refractivity contribution in [1.29, 1.82) is 0 Å². The summed E-state index contributed by atoms with van der Waals surface area (Å²) in [5.41, 5.74) is 4.27. The smallest absolute Gasteiger partial charge is 0.152 e. The van der Waals surface area contributed by atoms with E-state index in [1.165, 1.54) is 0 Å². The Morgan fingerprint density at radius 3 is 2.32 bits per heavy atom. The second kappa shape index (κ2) is 6.46. The van der Waals surface area contributed by atoms with Crippen LogP contribution in [0.25, 0.3) is 33.8 Å². The molecule has 0 saturated heterocycles. The molecular weight excluding hydrogens is 334 g/mol. The molecule has 0 unspecified atom stereocenters. The Hall–Kier alpha value is -3.04. The number of rotatable bonds is 3. The van der Waals surface area contributed by atoms with Crippen LogP contribution in [-0.4, -0.2) is 10.1 Å². The van der Waals surface area contributed by atoms with Crippen molar-refractivity contribution < 1.29 is 9.52 Å². The zero-order valence-corrected chi connectivity index (χ0v) is 13.9. The molecule has 0 bridgehead atoms. The van der Waals surface area contributed by atoms with E-state index in [0.29, 0.717) is 10.8 Å². The van der Waals surface area contributed by atoms with Crippen molar-refractivity contribution in [3.63, 3.8) is 0 Å². The summed E-state index contributed by atoms with van der Waals surface area (Å²) in [7, 11) is 0. The molecule has 0 aliphatic carbocycles. The van der Waals surface area contributed by atoms with Gasteiger partial charge in [-0.3, -0.25) is 0 Å². The third-order valence-corrected chi connectivity index (χ3v) is 4.13. The number of furan rings is 1. The second-order valence-corrected chi connectivity index (χ2v) is 6.10. The van der Waals surface area contributed by atoms with Crippen molar-refractivity contribution in [3.8, 4) is 39.6 Å². The molecule has 1 N–H and O–H groups in total. The molecule has 2 aromatic heterocycles. The third kappa shape index (κ3) is 3.28. The fraction of sp³-hybridized carbons (Fsp3) is 0. The minimum Gasteiger partial charge on any atom is -0.508 e. The Balaban J connectivity index is 1.92. The summed E-state index contributed by atoms with van der Waals surface area (Å²) in [5, 5.41) is 10.5. The van der Waals surface area contributed by atoms with E-state index < -0.39 is 0 Å². The Labute approximate surface area is 150 Å². The fourth-order valence-corrected chi connectivity index (χ4v) is 2.92. The lowest BCUT2D eigenvalue weighted by Gasteiger charge is -2.09. The number of aromatic hydroxyl groups is 1. The first-order valence-electron chi connectivity index (χ1n) is 7.80. The summed E-state index contributed by atoms with van der Waals surface area (Å²) in [6, 6.07) is 22.3. The molecule has 0 radical (unpaired) electrons. The lowest BCUT2D eigenvalue weighted by molar-refractivity contribution is 0.475. The highest BCUT2D eigenvalue weighted by Crippen LogP contribution is 2.32. The van der Waals surface area contributed by atoms with Gasteiger partial charge in [0.05, 0.1) is 12.0 Å². The van der Waals surface area contributed by atoms with Crippen molar-refractivity contribution in [3.05, 3.63) is 84.1 Å². The van der Waals surface area contributed by atoms with Crippen molar-refractivity contribution in [2.75, 3.05) is 0 Å². The first-order chi connectivity index (χ1) is 12.2. The second-order valence-electron chi connectivity index (χ2n) is 5.66. The largest absolute Gasteiger partial charge is 0.508 e. The molecule has 3 nitrogen and oxygen atoms in total. The van der Waals surface area contributed by atoms with Gasteiger partial charge < -0.3 is 9.52 Å². The number of phenols is 1. The van der Waals surface area contributed by atoms with Crippen LogP contribution < -0.4 is 0 Å². The highest BCUT2D eigenvalue weighted by atomic mass is 35.5. The van der Waals surface area contributed by atoms with E-state index in [0.717, 1.165) is 28.1 Å². The van der Waals surface area contributed by atoms with Crippen molar-refractivity contribution in [2.24, 2.45) is 0 Å². The highest BCUT2D eigenvalue weighted by Gasteiger charge is 2.11. The zero-order valence-electron chi connectivity index (χ0n) is 13.2. The first-order valence-corrected chi connectivity index (χ1v) is 8.18. The molecule has 0 aliphatic heterocycles. The topological polar surface area (TPSA) is 46.3 Å². The summed E-state index contributed by atoms with van der Waals surface area (Å²) in [5.74, 6) is 0.906. The number of phenolic OH excluding ortho intramolecular Hbond substituents is 1. The van der Waals surface area contributed by atoms with E-state index in [4.69, 9.17) is 21.0 Å². The van der Waals surface area contributed by atoms with Gasteiger partial charge in [-0.2, -0.15) is 0 Å². The van der Waals surface area contributed by atoms with E-state index in [1.54, 1.807) is 18.4 Å². The van der Waals surface area contributed by atoms with Crippen LogP contribution in [0.1, 0.15) is 0 Å². The van der Waals surface area contributed by atoms with E-state index >= 15 is 0 Å². The Morgan fingerprint density at radius 1 is 0.760 bits per heavy atom. The quantitative estimate of drug-likeness (QED) is 0.491. The molecule has 0 aliphatic rings. The number of hydrogen-bond acceptors (Lipinski definition) is 3. The minimum absolute atomic E-state index is 0.221. The molecule has 0 atom stereocenters. The molecule has 2 aromatic carbocycles. The molecule has 25 heavy (non-hydrogen) atoms. The van der Waals surface area contributed by atoms with Gasteiger partial charge in [0, 0.05) is 10.6 Å². The molecule has 4 aromatic rings. The van der Waals surface area contributed by atoms with Crippen LogP contribution in [0.2, 0.25) is 5.02 Å². The van der Waals surface area contributed by atoms with E-state index in [9.17, 15) is 5.11 Å². The molecule has 0 saturated carbocycles. The van der Waals surface area contributed by atoms with Gasteiger partial charge in [-0.25, -0.2) is 4.98 Å². The Morgan fingerprint density at radius 2 is 1.56 bits per heavy atom. The molecule has 122 valence electrons. The number of benzene rings is 2. The van der Waals surface area contributed by atoms with Crippen LogP contribution in [0, 0.1) is 0 Å². The summed E-state index contributed by atoms with van der Waals surface area (Å²) in [4.78, 5) is 4.72. The van der Waals surface area contributed by atoms with Gasteiger partial charge >= 0.3 is 0 Å². The number of pyridine rings is 1. The van der Waals surface area contributed by atoms with Crippen molar-refractivity contribution in [2.45, 2.75) is 0 Å². The normalized spacial score (nSPS) is 10.8. The minimum atomic E-state index is 0.221. The van der Waals surface area contributed by atoms with Crippen LogP contribution in [0.15, 0.2) is 83.5 Å². The molecule has 0 spiro atoms. The number of hydrogen-bond donors (Lipinski definition) is 1. The van der Waals surface area contributed by atoms with E-state index in [2.05, 4.69) is 0 Å². The maximum Gasteiger partial charge on any atom is 0.152 e. The molecular formula is C21H14ClNO2. The maximum atomic E-state index is 9.80. The monoisotopic (exact) mass is 347 g/mol. The summed E-state index contributed by atoms with van der Waals surface area (Å²) in [6.45, 7) is 0. The SMILES string of the molecule is Oc1cccc(-c2cc(-c3cccc(Cl)c3)nc(-c3ccco3)c2)c1. The lowest BCUT2D eigenvalue weighted by Crippen LogP contribution is -1.90. The highest BCUT2D eigenvalue weighted by molar-refractivity contribution is 6.30. The average molecular weight is 348 g/mol.